The van der Waals surface area contributed by atoms with Gasteiger partial charge in [-0.1, -0.05) is 15.9 Å². The van der Waals surface area contributed by atoms with Crippen LogP contribution in [0.4, 0.5) is 4.39 Å². The first-order valence-electron chi connectivity index (χ1n) is 5.64. The molecule has 18 heavy (non-hydrogen) atoms. The van der Waals surface area contributed by atoms with Crippen LogP contribution >= 0.6 is 15.9 Å². The fourth-order valence-corrected chi connectivity index (χ4v) is 2.20. The number of carbonyl (C=O) groups is 1. The van der Waals surface area contributed by atoms with Crippen molar-refractivity contribution in [3.05, 3.63) is 34.1 Å². The standard InChI is InChI=1S/C13H17BrFNO2/c1-16(2)12(6-7-13(17)18-3)10-8-9(14)4-5-11(10)15/h4-5,8,12H,6-7H2,1-3H3. The van der Waals surface area contributed by atoms with Gasteiger partial charge in [-0.2, -0.15) is 0 Å². The first-order chi connectivity index (χ1) is 8.45. The summed E-state index contributed by atoms with van der Waals surface area (Å²) in [6.45, 7) is 0. The lowest BCUT2D eigenvalue weighted by Gasteiger charge is -2.25. The Morgan fingerprint density at radius 2 is 2.17 bits per heavy atom. The quantitative estimate of drug-likeness (QED) is 0.781. The van der Waals surface area contributed by atoms with Crippen molar-refractivity contribution in [1.82, 2.24) is 4.90 Å². The molecule has 0 heterocycles. The van der Waals surface area contributed by atoms with E-state index in [9.17, 15) is 9.18 Å². The average Bonchev–Trinajstić information content (AvgIpc) is 2.32. The minimum atomic E-state index is -0.280. The molecule has 0 radical (unpaired) electrons. The van der Waals surface area contributed by atoms with Gasteiger partial charge in [0.15, 0.2) is 0 Å². The first kappa shape index (κ1) is 15.1. The molecule has 0 saturated heterocycles. The Morgan fingerprint density at radius 3 is 2.72 bits per heavy atom. The number of halogens is 2. The molecule has 0 saturated carbocycles. The summed E-state index contributed by atoms with van der Waals surface area (Å²) in [6.07, 6.45) is 0.790. The zero-order valence-corrected chi connectivity index (χ0v) is 12.3. The van der Waals surface area contributed by atoms with Gasteiger partial charge in [-0.25, -0.2) is 4.39 Å². The van der Waals surface area contributed by atoms with E-state index < -0.39 is 0 Å². The third kappa shape index (κ3) is 4.07. The highest BCUT2D eigenvalue weighted by molar-refractivity contribution is 9.10. The van der Waals surface area contributed by atoms with E-state index in [1.807, 2.05) is 19.0 Å². The van der Waals surface area contributed by atoms with Crippen molar-refractivity contribution < 1.29 is 13.9 Å². The van der Waals surface area contributed by atoms with Gasteiger partial charge in [0.2, 0.25) is 0 Å². The summed E-state index contributed by atoms with van der Waals surface area (Å²) >= 11 is 3.33. The number of esters is 1. The molecule has 3 nitrogen and oxygen atoms in total. The average molecular weight is 318 g/mol. The summed E-state index contributed by atoms with van der Waals surface area (Å²) in [5, 5.41) is 0. The molecule has 0 spiro atoms. The Bertz CT molecular complexity index is 423. The topological polar surface area (TPSA) is 29.5 Å². The van der Waals surface area contributed by atoms with Crippen LogP contribution in [0, 0.1) is 5.82 Å². The van der Waals surface area contributed by atoms with Gasteiger partial charge >= 0.3 is 5.97 Å². The Balaban J connectivity index is 2.90. The van der Waals surface area contributed by atoms with E-state index >= 15 is 0 Å². The Labute approximate surface area is 115 Å². The van der Waals surface area contributed by atoms with Crippen LogP contribution in [0.15, 0.2) is 22.7 Å². The van der Waals surface area contributed by atoms with E-state index in [1.165, 1.54) is 13.2 Å². The second-order valence-corrected chi connectivity index (χ2v) is 5.18. The van der Waals surface area contributed by atoms with Crippen molar-refractivity contribution in [2.45, 2.75) is 18.9 Å². The highest BCUT2D eigenvalue weighted by Crippen LogP contribution is 2.28. The summed E-state index contributed by atoms with van der Waals surface area (Å²) < 4.78 is 19.3. The lowest BCUT2D eigenvalue weighted by atomic mass is 10.0. The smallest absolute Gasteiger partial charge is 0.305 e. The molecule has 1 atom stereocenters. The van der Waals surface area contributed by atoms with Gasteiger partial charge in [-0.3, -0.25) is 4.79 Å². The molecule has 5 heteroatoms. The number of hydrogen-bond donors (Lipinski definition) is 0. The monoisotopic (exact) mass is 317 g/mol. The number of rotatable bonds is 5. The van der Waals surface area contributed by atoms with Crippen LogP contribution in [-0.4, -0.2) is 32.1 Å². The molecule has 0 aliphatic heterocycles. The van der Waals surface area contributed by atoms with Gasteiger partial charge in [-0.05, 0) is 38.7 Å². The SMILES string of the molecule is COC(=O)CCC(c1cc(Br)ccc1F)N(C)C. The van der Waals surface area contributed by atoms with E-state index in [-0.39, 0.29) is 24.2 Å². The first-order valence-corrected chi connectivity index (χ1v) is 6.43. The highest BCUT2D eigenvalue weighted by Gasteiger charge is 2.19. The van der Waals surface area contributed by atoms with Crippen molar-refractivity contribution in [1.29, 1.82) is 0 Å². The summed E-state index contributed by atoms with van der Waals surface area (Å²) in [6, 6.07) is 4.68. The number of ether oxygens (including phenoxy) is 1. The van der Waals surface area contributed by atoms with E-state index in [0.29, 0.717) is 12.0 Å². The van der Waals surface area contributed by atoms with E-state index in [4.69, 9.17) is 0 Å². The van der Waals surface area contributed by atoms with Crippen LogP contribution in [0.1, 0.15) is 24.4 Å². The predicted octanol–water partition coefficient (Wildman–Crippen LogP) is 3.14. The molecule has 1 unspecified atom stereocenters. The Kier molecular flexibility index (Phi) is 5.75. The maximum absolute atomic E-state index is 13.8. The van der Waals surface area contributed by atoms with Crippen molar-refractivity contribution in [2.24, 2.45) is 0 Å². The Morgan fingerprint density at radius 1 is 1.50 bits per heavy atom. The molecule has 0 amide bonds. The zero-order valence-electron chi connectivity index (χ0n) is 10.7. The van der Waals surface area contributed by atoms with Gasteiger partial charge in [0.1, 0.15) is 5.82 Å². The molecule has 1 rings (SSSR count). The molecule has 0 N–H and O–H groups in total. The molecule has 1 aromatic carbocycles. The molecular weight excluding hydrogens is 301 g/mol. The van der Waals surface area contributed by atoms with Gasteiger partial charge in [0.25, 0.3) is 0 Å². The number of hydrogen-bond acceptors (Lipinski definition) is 3. The number of methoxy groups -OCH3 is 1. The van der Waals surface area contributed by atoms with Crippen LogP contribution in [-0.2, 0) is 9.53 Å². The van der Waals surface area contributed by atoms with Crippen molar-refractivity contribution in [3.63, 3.8) is 0 Å². The molecule has 0 bridgehead atoms. The number of nitrogens with zero attached hydrogens (tertiary/aromatic N) is 1. The lowest BCUT2D eigenvalue weighted by Crippen LogP contribution is -2.22. The predicted molar refractivity (Wildman–Crippen MR) is 71.8 cm³/mol. The van der Waals surface area contributed by atoms with Gasteiger partial charge in [0, 0.05) is 22.5 Å². The molecule has 0 fully saturated rings. The number of benzene rings is 1. The van der Waals surface area contributed by atoms with Crippen molar-refractivity contribution in [3.8, 4) is 0 Å². The van der Waals surface area contributed by atoms with Gasteiger partial charge < -0.3 is 9.64 Å². The Hall–Kier alpha value is -0.940. The van der Waals surface area contributed by atoms with Crippen LogP contribution in [0.25, 0.3) is 0 Å². The van der Waals surface area contributed by atoms with Crippen LogP contribution in [0.5, 0.6) is 0 Å². The highest BCUT2D eigenvalue weighted by atomic mass is 79.9. The molecule has 0 aromatic heterocycles. The summed E-state index contributed by atoms with van der Waals surface area (Å²) in [7, 11) is 5.08. The minimum absolute atomic E-state index is 0.151. The van der Waals surface area contributed by atoms with Gasteiger partial charge in [0.05, 0.1) is 7.11 Å². The van der Waals surface area contributed by atoms with E-state index in [2.05, 4.69) is 20.7 Å². The summed E-state index contributed by atoms with van der Waals surface area (Å²) in [5.74, 6) is -0.543. The third-order valence-corrected chi connectivity index (χ3v) is 3.28. The summed E-state index contributed by atoms with van der Waals surface area (Å²) in [4.78, 5) is 13.1. The second kappa shape index (κ2) is 6.85. The van der Waals surface area contributed by atoms with Crippen LogP contribution in [0.3, 0.4) is 0 Å². The molecular formula is C13H17BrFNO2. The molecule has 100 valence electrons. The minimum Gasteiger partial charge on any atom is -0.469 e. The largest absolute Gasteiger partial charge is 0.469 e. The van der Waals surface area contributed by atoms with Crippen LogP contribution in [0.2, 0.25) is 0 Å². The molecule has 0 aliphatic rings. The maximum Gasteiger partial charge on any atom is 0.305 e. The molecule has 0 aliphatic carbocycles. The zero-order chi connectivity index (χ0) is 13.7. The van der Waals surface area contributed by atoms with Crippen molar-refractivity contribution >= 4 is 21.9 Å². The second-order valence-electron chi connectivity index (χ2n) is 4.26. The molecule has 1 aromatic rings. The fourth-order valence-electron chi connectivity index (χ4n) is 1.82. The van der Waals surface area contributed by atoms with Crippen LogP contribution < -0.4 is 0 Å². The van der Waals surface area contributed by atoms with Gasteiger partial charge in [-0.15, -0.1) is 0 Å². The lowest BCUT2D eigenvalue weighted by molar-refractivity contribution is -0.141. The number of carbonyl (C=O) groups excluding carboxylic acids is 1. The summed E-state index contributed by atoms with van der Waals surface area (Å²) in [5.41, 5.74) is 0.582. The van der Waals surface area contributed by atoms with E-state index in [1.54, 1.807) is 12.1 Å². The normalized spacial score (nSPS) is 12.6. The van der Waals surface area contributed by atoms with E-state index in [0.717, 1.165) is 4.47 Å². The third-order valence-electron chi connectivity index (χ3n) is 2.79. The van der Waals surface area contributed by atoms with Crippen molar-refractivity contribution in [2.75, 3.05) is 21.2 Å². The maximum atomic E-state index is 13.8. The fraction of sp³-hybridized carbons (Fsp3) is 0.462.